The van der Waals surface area contributed by atoms with Crippen LogP contribution < -0.4 is 5.46 Å². The minimum Gasteiger partial charge on any atom is -0.262 e. The van der Waals surface area contributed by atoms with E-state index in [0.717, 1.165) is 16.4 Å². The highest BCUT2D eigenvalue weighted by Gasteiger charge is 1.98. The third-order valence-electron chi connectivity index (χ3n) is 1.75. The smallest absolute Gasteiger partial charge is 0.143 e. The highest BCUT2D eigenvalue weighted by Crippen LogP contribution is 2.10. The molecule has 0 saturated heterocycles. The predicted octanol–water partition coefficient (Wildman–Crippen LogP) is 0.542. The van der Waals surface area contributed by atoms with Gasteiger partial charge in [-0.2, -0.15) is 0 Å². The topological polar surface area (TPSA) is 25.8 Å². The lowest BCUT2D eigenvalue weighted by Gasteiger charge is -1.99. The van der Waals surface area contributed by atoms with Crippen LogP contribution in [0.1, 0.15) is 0 Å². The first-order valence-corrected chi connectivity index (χ1v) is 4.02. The fourth-order valence-corrected chi connectivity index (χ4v) is 1.24. The van der Waals surface area contributed by atoms with Crippen LogP contribution in [0.5, 0.6) is 0 Å². The molecule has 0 unspecified atom stereocenters. The summed E-state index contributed by atoms with van der Waals surface area (Å²) in [5, 5.41) is 1.63. The summed E-state index contributed by atoms with van der Waals surface area (Å²) in [6, 6.07) is 3.93. The zero-order valence-corrected chi connectivity index (χ0v) is 7.34. The van der Waals surface area contributed by atoms with Crippen molar-refractivity contribution in [3.05, 3.63) is 29.7 Å². The van der Waals surface area contributed by atoms with Crippen molar-refractivity contribution in [3.8, 4) is 0 Å². The van der Waals surface area contributed by atoms with Gasteiger partial charge in [0.15, 0.2) is 0 Å². The van der Waals surface area contributed by atoms with E-state index < -0.39 is 0 Å². The molecule has 0 fully saturated rings. The molecule has 2 heterocycles. The molecular weight excluding hydrogens is 170 g/mol. The molecule has 2 aromatic heterocycles. The SMILES string of the molecule is Bc1cc2ccncc2nc1Cl. The van der Waals surface area contributed by atoms with Crippen LogP contribution in [0.2, 0.25) is 5.15 Å². The molecule has 12 heavy (non-hydrogen) atoms. The first-order valence-electron chi connectivity index (χ1n) is 3.64. The third-order valence-corrected chi connectivity index (χ3v) is 2.13. The Morgan fingerprint density at radius 2 is 2.25 bits per heavy atom. The number of hydrogen-bond donors (Lipinski definition) is 0. The molecule has 0 spiro atoms. The van der Waals surface area contributed by atoms with Crippen molar-refractivity contribution in [2.24, 2.45) is 0 Å². The van der Waals surface area contributed by atoms with Gasteiger partial charge in [-0.05, 0) is 6.07 Å². The second-order valence-corrected chi connectivity index (χ2v) is 3.02. The van der Waals surface area contributed by atoms with E-state index >= 15 is 0 Å². The molecule has 58 valence electrons. The Labute approximate surface area is 76.0 Å². The van der Waals surface area contributed by atoms with E-state index in [4.69, 9.17) is 11.6 Å². The number of nitrogens with zero attached hydrogens (tertiary/aromatic N) is 2. The van der Waals surface area contributed by atoms with Gasteiger partial charge >= 0.3 is 0 Å². The predicted molar refractivity (Wildman–Crippen MR) is 52.7 cm³/mol. The molecule has 0 radical (unpaired) electrons. The van der Waals surface area contributed by atoms with Crippen LogP contribution in [-0.2, 0) is 0 Å². The van der Waals surface area contributed by atoms with Gasteiger partial charge in [0.2, 0.25) is 0 Å². The highest BCUT2D eigenvalue weighted by molar-refractivity contribution is 6.44. The molecule has 0 atom stereocenters. The van der Waals surface area contributed by atoms with Gasteiger partial charge in [-0.15, -0.1) is 0 Å². The number of halogens is 1. The van der Waals surface area contributed by atoms with Crippen LogP contribution in [0.25, 0.3) is 10.9 Å². The summed E-state index contributed by atoms with van der Waals surface area (Å²) in [6.45, 7) is 0. The largest absolute Gasteiger partial charge is 0.262 e. The Bertz CT molecular complexity index is 390. The molecule has 0 aromatic carbocycles. The maximum Gasteiger partial charge on any atom is 0.143 e. The Kier molecular flexibility index (Phi) is 1.73. The first kappa shape index (κ1) is 7.56. The fourth-order valence-electron chi connectivity index (χ4n) is 1.10. The van der Waals surface area contributed by atoms with Crippen molar-refractivity contribution in [1.82, 2.24) is 9.97 Å². The lowest BCUT2D eigenvalue weighted by molar-refractivity contribution is 1.32. The van der Waals surface area contributed by atoms with Crippen LogP contribution in [0.15, 0.2) is 24.5 Å². The van der Waals surface area contributed by atoms with Gasteiger partial charge in [0.05, 0.1) is 11.7 Å². The molecule has 0 aliphatic rings. The highest BCUT2D eigenvalue weighted by atomic mass is 35.5. The zero-order chi connectivity index (χ0) is 8.55. The Hall–Kier alpha value is -1.09. The maximum atomic E-state index is 5.85. The van der Waals surface area contributed by atoms with Gasteiger partial charge in [-0.25, -0.2) is 4.98 Å². The van der Waals surface area contributed by atoms with E-state index in [1.165, 1.54) is 0 Å². The maximum absolute atomic E-state index is 5.85. The van der Waals surface area contributed by atoms with Crippen molar-refractivity contribution in [3.63, 3.8) is 0 Å². The average Bonchev–Trinajstić information content (AvgIpc) is 2.07. The first-order chi connectivity index (χ1) is 5.77. The molecule has 0 bridgehead atoms. The monoisotopic (exact) mass is 176 g/mol. The van der Waals surface area contributed by atoms with E-state index in [1.807, 2.05) is 20.0 Å². The summed E-state index contributed by atoms with van der Waals surface area (Å²) in [5.74, 6) is 0. The standard InChI is InChI=1S/C8H6BClN2/c9-6-3-5-1-2-11-4-7(5)12-8(6)10/h1-4H,9H2. The summed E-state index contributed by atoms with van der Waals surface area (Å²) in [5.41, 5.74) is 1.84. The Morgan fingerprint density at radius 3 is 3.08 bits per heavy atom. The van der Waals surface area contributed by atoms with Crippen LogP contribution in [0.4, 0.5) is 0 Å². The summed E-state index contributed by atoms with van der Waals surface area (Å²) in [4.78, 5) is 8.14. The van der Waals surface area contributed by atoms with Gasteiger partial charge in [0.1, 0.15) is 13.0 Å². The fraction of sp³-hybridized carbons (Fsp3) is 0. The van der Waals surface area contributed by atoms with E-state index in [0.29, 0.717) is 5.15 Å². The minimum atomic E-state index is 0.551. The van der Waals surface area contributed by atoms with E-state index in [9.17, 15) is 0 Å². The number of aromatic nitrogens is 2. The number of pyridine rings is 2. The van der Waals surface area contributed by atoms with Gasteiger partial charge in [-0.1, -0.05) is 23.1 Å². The molecule has 2 nitrogen and oxygen atoms in total. The van der Waals surface area contributed by atoms with E-state index in [2.05, 4.69) is 9.97 Å². The molecule has 0 saturated carbocycles. The number of hydrogen-bond acceptors (Lipinski definition) is 2. The van der Waals surface area contributed by atoms with Crippen molar-refractivity contribution in [2.75, 3.05) is 0 Å². The second-order valence-electron chi connectivity index (χ2n) is 2.66. The molecule has 0 aliphatic carbocycles. The molecule has 0 aliphatic heterocycles. The molecular formula is C8H6BClN2. The summed E-state index contributed by atoms with van der Waals surface area (Å²) >= 11 is 5.85. The van der Waals surface area contributed by atoms with Crippen molar-refractivity contribution in [1.29, 1.82) is 0 Å². The minimum absolute atomic E-state index is 0.551. The zero-order valence-electron chi connectivity index (χ0n) is 6.58. The molecule has 0 N–H and O–H groups in total. The van der Waals surface area contributed by atoms with Crippen LogP contribution >= 0.6 is 11.6 Å². The van der Waals surface area contributed by atoms with Gasteiger partial charge in [0, 0.05) is 11.6 Å². The molecule has 2 aromatic rings. The molecule has 2 rings (SSSR count). The second kappa shape index (κ2) is 2.75. The van der Waals surface area contributed by atoms with Gasteiger partial charge in [-0.3, -0.25) is 4.98 Å². The number of rotatable bonds is 0. The lowest BCUT2D eigenvalue weighted by atomic mass is 9.97. The number of fused-ring (bicyclic) bond motifs is 1. The van der Waals surface area contributed by atoms with Gasteiger partial charge < -0.3 is 0 Å². The molecule has 4 heteroatoms. The van der Waals surface area contributed by atoms with E-state index in [-0.39, 0.29) is 0 Å². The summed E-state index contributed by atoms with van der Waals surface area (Å²) in [6.07, 6.45) is 3.46. The van der Waals surface area contributed by atoms with Crippen molar-refractivity contribution >= 4 is 35.8 Å². The van der Waals surface area contributed by atoms with Crippen molar-refractivity contribution < 1.29 is 0 Å². The van der Waals surface area contributed by atoms with Crippen LogP contribution in [-0.4, -0.2) is 17.8 Å². The van der Waals surface area contributed by atoms with Gasteiger partial charge in [0.25, 0.3) is 0 Å². The Balaban J connectivity index is 2.84. The van der Waals surface area contributed by atoms with Crippen LogP contribution in [0.3, 0.4) is 0 Å². The van der Waals surface area contributed by atoms with E-state index in [1.54, 1.807) is 12.4 Å². The lowest BCUT2D eigenvalue weighted by Crippen LogP contribution is -2.05. The average molecular weight is 176 g/mol. The molecule has 0 amide bonds. The summed E-state index contributed by atoms with van der Waals surface area (Å²) < 4.78 is 0. The normalized spacial score (nSPS) is 10.4. The van der Waals surface area contributed by atoms with Crippen molar-refractivity contribution in [2.45, 2.75) is 0 Å². The quantitative estimate of drug-likeness (QED) is 0.433. The Morgan fingerprint density at radius 1 is 1.42 bits per heavy atom. The third kappa shape index (κ3) is 1.16. The van der Waals surface area contributed by atoms with Crippen LogP contribution in [0, 0.1) is 0 Å². The summed E-state index contributed by atoms with van der Waals surface area (Å²) in [7, 11) is 1.94.